The molecule has 0 heterocycles. The van der Waals surface area contributed by atoms with E-state index in [9.17, 15) is 13.2 Å². The zero-order valence-corrected chi connectivity index (χ0v) is 12.5. The molecule has 106 valence electrons. The topological polar surface area (TPSA) is 60.4 Å². The Morgan fingerprint density at radius 3 is 2.32 bits per heavy atom. The summed E-state index contributed by atoms with van der Waals surface area (Å²) in [4.78, 5) is 11.9. The van der Waals surface area contributed by atoms with Crippen molar-refractivity contribution in [1.29, 1.82) is 0 Å². The fourth-order valence-corrected chi connectivity index (χ4v) is 3.52. The maximum Gasteiger partial charge on any atom is 0.324 e. The molecule has 19 heavy (non-hydrogen) atoms. The summed E-state index contributed by atoms with van der Waals surface area (Å²) in [7, 11) is -3.73. The van der Waals surface area contributed by atoms with Crippen LogP contribution in [-0.4, -0.2) is 26.2 Å². The first-order valence-electron chi connectivity index (χ1n) is 6.09. The van der Waals surface area contributed by atoms with Crippen molar-refractivity contribution in [3.63, 3.8) is 0 Å². The van der Waals surface area contributed by atoms with Crippen molar-refractivity contribution in [1.82, 2.24) is 0 Å². The van der Waals surface area contributed by atoms with Gasteiger partial charge in [0.15, 0.2) is 15.1 Å². The molecule has 0 aliphatic heterocycles. The minimum atomic E-state index is -3.73. The summed E-state index contributed by atoms with van der Waals surface area (Å²) in [6.07, 6.45) is 0.820. The Morgan fingerprint density at radius 2 is 1.84 bits per heavy atom. The molecule has 1 atom stereocenters. The zero-order valence-electron chi connectivity index (χ0n) is 10.9. The molecular formula is C13H17ClO4S. The highest BCUT2D eigenvalue weighted by Crippen LogP contribution is 2.22. The molecule has 4 nitrogen and oxygen atoms in total. The van der Waals surface area contributed by atoms with E-state index in [2.05, 4.69) is 0 Å². The van der Waals surface area contributed by atoms with Crippen LogP contribution in [0.1, 0.15) is 26.7 Å². The predicted octanol–water partition coefficient (Wildman–Crippen LogP) is 2.85. The molecule has 1 aromatic carbocycles. The fraction of sp³-hybridized carbons (Fsp3) is 0.462. The third kappa shape index (κ3) is 3.94. The SMILES string of the molecule is CCCC(C(=O)OCC)S(=O)(=O)c1ccc(Cl)cc1. The van der Waals surface area contributed by atoms with Crippen LogP contribution in [0.2, 0.25) is 5.02 Å². The van der Waals surface area contributed by atoms with E-state index in [4.69, 9.17) is 16.3 Å². The van der Waals surface area contributed by atoms with E-state index >= 15 is 0 Å². The van der Waals surface area contributed by atoms with E-state index < -0.39 is 21.1 Å². The molecule has 1 aromatic rings. The molecule has 0 saturated heterocycles. The first-order chi connectivity index (χ1) is 8.93. The van der Waals surface area contributed by atoms with Gasteiger partial charge in [-0.05, 0) is 37.6 Å². The second kappa shape index (κ2) is 6.91. The van der Waals surface area contributed by atoms with E-state index in [-0.39, 0.29) is 17.9 Å². The number of rotatable bonds is 6. The molecule has 1 rings (SSSR count). The largest absolute Gasteiger partial charge is 0.465 e. The Hall–Kier alpha value is -1.07. The number of ether oxygens (including phenoxy) is 1. The lowest BCUT2D eigenvalue weighted by molar-refractivity contribution is -0.142. The lowest BCUT2D eigenvalue weighted by Crippen LogP contribution is -2.32. The van der Waals surface area contributed by atoms with Gasteiger partial charge in [-0.1, -0.05) is 24.9 Å². The van der Waals surface area contributed by atoms with Crippen LogP contribution < -0.4 is 0 Å². The molecule has 1 unspecified atom stereocenters. The molecule has 0 spiro atoms. The summed E-state index contributed by atoms with van der Waals surface area (Å²) in [5, 5.41) is -0.708. The summed E-state index contributed by atoms with van der Waals surface area (Å²) in [5.74, 6) is -0.695. The van der Waals surface area contributed by atoms with E-state index in [0.29, 0.717) is 11.4 Å². The van der Waals surface area contributed by atoms with Crippen LogP contribution in [0.25, 0.3) is 0 Å². The van der Waals surface area contributed by atoms with Crippen molar-refractivity contribution in [2.75, 3.05) is 6.61 Å². The van der Waals surface area contributed by atoms with Crippen LogP contribution >= 0.6 is 11.6 Å². The Morgan fingerprint density at radius 1 is 1.26 bits per heavy atom. The van der Waals surface area contributed by atoms with Gasteiger partial charge in [-0.25, -0.2) is 8.42 Å². The molecule has 0 N–H and O–H groups in total. The monoisotopic (exact) mass is 304 g/mol. The van der Waals surface area contributed by atoms with Gasteiger partial charge >= 0.3 is 5.97 Å². The Bertz CT molecular complexity index is 522. The Balaban J connectivity index is 3.12. The van der Waals surface area contributed by atoms with Crippen LogP contribution in [0.3, 0.4) is 0 Å². The van der Waals surface area contributed by atoms with Crippen molar-refractivity contribution >= 4 is 27.4 Å². The summed E-state index contributed by atoms with van der Waals surface area (Å²) < 4.78 is 29.7. The van der Waals surface area contributed by atoms with Crippen molar-refractivity contribution < 1.29 is 17.9 Å². The highest BCUT2D eigenvalue weighted by atomic mass is 35.5. The molecule has 0 saturated carbocycles. The number of carbonyl (C=O) groups excluding carboxylic acids is 1. The van der Waals surface area contributed by atoms with Gasteiger partial charge in [0.05, 0.1) is 11.5 Å². The van der Waals surface area contributed by atoms with Gasteiger partial charge in [-0.15, -0.1) is 0 Å². The highest BCUT2D eigenvalue weighted by Gasteiger charge is 2.34. The van der Waals surface area contributed by atoms with Crippen LogP contribution in [0.5, 0.6) is 0 Å². The molecule has 0 aliphatic carbocycles. The number of sulfone groups is 1. The molecule has 0 radical (unpaired) electrons. The maximum atomic E-state index is 12.4. The minimum Gasteiger partial charge on any atom is -0.465 e. The van der Waals surface area contributed by atoms with Gasteiger partial charge in [0, 0.05) is 5.02 Å². The van der Waals surface area contributed by atoms with Gasteiger partial charge in [0.25, 0.3) is 0 Å². The van der Waals surface area contributed by atoms with Crippen LogP contribution in [0.4, 0.5) is 0 Å². The lowest BCUT2D eigenvalue weighted by atomic mass is 10.2. The first kappa shape index (κ1) is 16.0. The third-order valence-electron chi connectivity index (χ3n) is 2.62. The number of hydrogen-bond acceptors (Lipinski definition) is 4. The smallest absolute Gasteiger partial charge is 0.324 e. The van der Waals surface area contributed by atoms with Gasteiger partial charge in [0.2, 0.25) is 0 Å². The molecule has 0 fully saturated rings. The number of esters is 1. The van der Waals surface area contributed by atoms with Crippen molar-refractivity contribution in [2.24, 2.45) is 0 Å². The molecule has 6 heteroatoms. The molecular weight excluding hydrogens is 288 g/mol. The average Bonchev–Trinajstić information content (AvgIpc) is 2.36. The van der Waals surface area contributed by atoms with E-state index in [0.717, 1.165) is 0 Å². The number of benzene rings is 1. The standard InChI is InChI=1S/C13H17ClO4S/c1-3-5-12(13(15)18-4-2)19(16,17)11-8-6-10(14)7-9-11/h6-9,12H,3-5H2,1-2H3. The van der Waals surface area contributed by atoms with Crippen LogP contribution in [-0.2, 0) is 19.4 Å². The number of halogens is 1. The number of carbonyl (C=O) groups is 1. The van der Waals surface area contributed by atoms with E-state index in [1.54, 1.807) is 6.92 Å². The maximum absolute atomic E-state index is 12.4. The summed E-state index contributed by atoms with van der Waals surface area (Å²) in [6, 6.07) is 5.78. The average molecular weight is 305 g/mol. The van der Waals surface area contributed by atoms with Crippen LogP contribution in [0.15, 0.2) is 29.2 Å². The predicted molar refractivity (Wildman–Crippen MR) is 74.0 cm³/mol. The molecule has 0 bridgehead atoms. The van der Waals surface area contributed by atoms with Crippen molar-refractivity contribution in [2.45, 2.75) is 36.8 Å². The fourth-order valence-electron chi connectivity index (χ4n) is 1.69. The first-order valence-corrected chi connectivity index (χ1v) is 8.02. The summed E-state index contributed by atoms with van der Waals surface area (Å²) in [5.41, 5.74) is 0. The van der Waals surface area contributed by atoms with Gasteiger partial charge < -0.3 is 4.74 Å². The summed E-state index contributed by atoms with van der Waals surface area (Å²) >= 11 is 5.73. The molecule has 0 amide bonds. The number of hydrogen-bond donors (Lipinski definition) is 0. The summed E-state index contributed by atoms with van der Waals surface area (Å²) in [6.45, 7) is 3.63. The highest BCUT2D eigenvalue weighted by molar-refractivity contribution is 7.92. The second-order valence-corrected chi connectivity index (χ2v) is 6.60. The van der Waals surface area contributed by atoms with Crippen LogP contribution in [0, 0.1) is 0 Å². The zero-order chi connectivity index (χ0) is 14.5. The van der Waals surface area contributed by atoms with Gasteiger partial charge in [-0.2, -0.15) is 0 Å². The van der Waals surface area contributed by atoms with Gasteiger partial charge in [-0.3, -0.25) is 4.79 Å². The van der Waals surface area contributed by atoms with Crippen molar-refractivity contribution in [3.8, 4) is 0 Å². The second-order valence-electron chi connectivity index (χ2n) is 4.03. The van der Waals surface area contributed by atoms with E-state index in [1.165, 1.54) is 24.3 Å². The Labute approximate surface area is 118 Å². The normalized spacial score (nSPS) is 13.0. The third-order valence-corrected chi connectivity index (χ3v) is 4.98. The van der Waals surface area contributed by atoms with Gasteiger partial charge in [0.1, 0.15) is 0 Å². The van der Waals surface area contributed by atoms with Crippen molar-refractivity contribution in [3.05, 3.63) is 29.3 Å². The Kier molecular flexibility index (Phi) is 5.82. The molecule has 0 aromatic heterocycles. The minimum absolute atomic E-state index is 0.0865. The quantitative estimate of drug-likeness (QED) is 0.758. The van der Waals surface area contributed by atoms with E-state index in [1.807, 2.05) is 6.92 Å². The molecule has 0 aliphatic rings. The lowest BCUT2D eigenvalue weighted by Gasteiger charge is -2.15.